The fourth-order valence-corrected chi connectivity index (χ4v) is 1.28. The summed E-state index contributed by atoms with van der Waals surface area (Å²) in [6, 6.07) is 7.31. The molecule has 3 nitrogen and oxygen atoms in total. The molecule has 0 spiro atoms. The van der Waals surface area contributed by atoms with Gasteiger partial charge in [-0.15, -0.1) is 10.2 Å². The van der Waals surface area contributed by atoms with Crippen molar-refractivity contribution in [1.29, 1.82) is 0 Å². The molecule has 0 aliphatic heterocycles. The predicted molar refractivity (Wildman–Crippen MR) is 51.1 cm³/mol. The number of halogens is 1. The molecular weight excluding hydrogens is 188 g/mol. The van der Waals surface area contributed by atoms with Crippen LogP contribution in [0.5, 0.6) is 5.75 Å². The summed E-state index contributed by atoms with van der Waals surface area (Å²) in [5.74, 6) is 0.788. The van der Waals surface area contributed by atoms with Gasteiger partial charge in [-0.1, -0.05) is 11.6 Å². The Labute approximate surface area is 80.3 Å². The van der Waals surface area contributed by atoms with E-state index in [1.807, 2.05) is 18.2 Å². The van der Waals surface area contributed by atoms with Crippen LogP contribution in [0.25, 0.3) is 10.9 Å². The Balaban J connectivity index is 2.68. The van der Waals surface area contributed by atoms with Crippen LogP contribution in [0.15, 0.2) is 24.3 Å². The van der Waals surface area contributed by atoms with E-state index >= 15 is 0 Å². The second-order valence-electron chi connectivity index (χ2n) is 2.59. The molecule has 0 aliphatic carbocycles. The summed E-state index contributed by atoms with van der Waals surface area (Å²) in [7, 11) is 1.62. The number of aromatic nitrogens is 2. The number of methoxy groups -OCH3 is 1. The topological polar surface area (TPSA) is 35.0 Å². The smallest absolute Gasteiger partial charge is 0.152 e. The number of hydrogen-bond donors (Lipinski definition) is 0. The Hall–Kier alpha value is -1.35. The lowest BCUT2D eigenvalue weighted by Gasteiger charge is -2.00. The highest BCUT2D eigenvalue weighted by molar-refractivity contribution is 6.29. The van der Waals surface area contributed by atoms with Crippen molar-refractivity contribution in [2.24, 2.45) is 0 Å². The van der Waals surface area contributed by atoms with E-state index in [2.05, 4.69) is 10.2 Å². The van der Waals surface area contributed by atoms with Gasteiger partial charge in [0, 0.05) is 5.39 Å². The maximum absolute atomic E-state index is 5.70. The summed E-state index contributed by atoms with van der Waals surface area (Å²) < 4.78 is 5.07. The molecule has 1 aromatic carbocycles. The SMILES string of the molecule is COc1ccc2nnc(Cl)cc2c1. The molecule has 66 valence electrons. The van der Waals surface area contributed by atoms with Crippen LogP contribution in [0, 0.1) is 0 Å². The van der Waals surface area contributed by atoms with E-state index in [9.17, 15) is 0 Å². The highest BCUT2D eigenvalue weighted by Gasteiger charge is 1.98. The van der Waals surface area contributed by atoms with E-state index in [0.29, 0.717) is 5.15 Å². The van der Waals surface area contributed by atoms with Gasteiger partial charge in [0.1, 0.15) is 5.75 Å². The maximum Gasteiger partial charge on any atom is 0.152 e. The first-order valence-electron chi connectivity index (χ1n) is 3.76. The van der Waals surface area contributed by atoms with Gasteiger partial charge in [-0.25, -0.2) is 0 Å². The third kappa shape index (κ3) is 1.55. The van der Waals surface area contributed by atoms with Crippen molar-refractivity contribution in [3.63, 3.8) is 0 Å². The molecule has 0 atom stereocenters. The summed E-state index contributed by atoms with van der Waals surface area (Å²) >= 11 is 5.70. The van der Waals surface area contributed by atoms with Gasteiger partial charge in [-0.2, -0.15) is 0 Å². The Morgan fingerprint density at radius 1 is 1.23 bits per heavy atom. The normalized spacial score (nSPS) is 10.3. The zero-order chi connectivity index (χ0) is 9.26. The van der Waals surface area contributed by atoms with Crippen LogP contribution >= 0.6 is 11.6 Å². The Morgan fingerprint density at radius 3 is 2.85 bits per heavy atom. The van der Waals surface area contributed by atoms with Gasteiger partial charge in [-0.3, -0.25) is 0 Å². The Bertz CT molecular complexity index is 445. The van der Waals surface area contributed by atoms with Gasteiger partial charge < -0.3 is 4.74 Å². The monoisotopic (exact) mass is 194 g/mol. The molecule has 0 bridgehead atoms. The number of benzene rings is 1. The van der Waals surface area contributed by atoms with Crippen LogP contribution < -0.4 is 4.74 Å². The van der Waals surface area contributed by atoms with Crippen molar-refractivity contribution < 1.29 is 4.74 Å². The maximum atomic E-state index is 5.70. The standard InChI is InChI=1S/C9H7ClN2O/c1-13-7-2-3-8-6(4-7)5-9(10)12-11-8/h2-5H,1H3. The molecular formula is C9H7ClN2O. The van der Waals surface area contributed by atoms with Crippen LogP contribution in [-0.2, 0) is 0 Å². The molecule has 1 heterocycles. The molecule has 4 heteroatoms. The van der Waals surface area contributed by atoms with E-state index in [0.717, 1.165) is 16.7 Å². The van der Waals surface area contributed by atoms with Gasteiger partial charge in [0.2, 0.25) is 0 Å². The molecule has 2 aromatic rings. The number of fused-ring (bicyclic) bond motifs is 1. The lowest BCUT2D eigenvalue weighted by atomic mass is 10.2. The molecule has 0 radical (unpaired) electrons. The lowest BCUT2D eigenvalue weighted by Crippen LogP contribution is -1.86. The summed E-state index contributed by atoms with van der Waals surface area (Å²) in [6.45, 7) is 0. The third-order valence-electron chi connectivity index (χ3n) is 1.76. The van der Waals surface area contributed by atoms with Crippen LogP contribution in [0.2, 0.25) is 5.15 Å². The minimum atomic E-state index is 0.390. The number of nitrogens with zero attached hydrogens (tertiary/aromatic N) is 2. The van der Waals surface area contributed by atoms with Crippen LogP contribution in [0.4, 0.5) is 0 Å². The number of ether oxygens (including phenoxy) is 1. The molecule has 0 saturated heterocycles. The van der Waals surface area contributed by atoms with Crippen molar-refractivity contribution in [2.75, 3.05) is 7.11 Å². The zero-order valence-corrected chi connectivity index (χ0v) is 7.75. The first-order chi connectivity index (χ1) is 6.29. The molecule has 0 fully saturated rings. The van der Waals surface area contributed by atoms with Crippen molar-refractivity contribution >= 4 is 22.5 Å². The zero-order valence-electron chi connectivity index (χ0n) is 6.99. The minimum absolute atomic E-state index is 0.390. The van der Waals surface area contributed by atoms with E-state index < -0.39 is 0 Å². The largest absolute Gasteiger partial charge is 0.497 e. The van der Waals surface area contributed by atoms with Crippen LogP contribution in [0.3, 0.4) is 0 Å². The predicted octanol–water partition coefficient (Wildman–Crippen LogP) is 2.29. The van der Waals surface area contributed by atoms with Crippen molar-refractivity contribution in [2.45, 2.75) is 0 Å². The first kappa shape index (κ1) is 8.26. The van der Waals surface area contributed by atoms with Gasteiger partial charge in [-0.05, 0) is 24.3 Å². The van der Waals surface area contributed by atoms with Crippen LogP contribution in [-0.4, -0.2) is 17.3 Å². The van der Waals surface area contributed by atoms with Crippen molar-refractivity contribution in [1.82, 2.24) is 10.2 Å². The summed E-state index contributed by atoms with van der Waals surface area (Å²) in [4.78, 5) is 0. The molecule has 0 N–H and O–H groups in total. The molecule has 2 rings (SSSR count). The van der Waals surface area contributed by atoms with Gasteiger partial charge >= 0.3 is 0 Å². The van der Waals surface area contributed by atoms with Gasteiger partial charge in [0.05, 0.1) is 12.6 Å². The Morgan fingerprint density at radius 2 is 2.08 bits per heavy atom. The van der Waals surface area contributed by atoms with Crippen molar-refractivity contribution in [3.8, 4) is 5.75 Å². The van der Waals surface area contributed by atoms with E-state index in [4.69, 9.17) is 16.3 Å². The fourth-order valence-electron chi connectivity index (χ4n) is 1.13. The molecule has 0 unspecified atom stereocenters. The fraction of sp³-hybridized carbons (Fsp3) is 0.111. The lowest BCUT2D eigenvalue weighted by molar-refractivity contribution is 0.415. The summed E-state index contributed by atoms with van der Waals surface area (Å²) in [6.07, 6.45) is 0. The number of rotatable bonds is 1. The minimum Gasteiger partial charge on any atom is -0.497 e. The summed E-state index contributed by atoms with van der Waals surface area (Å²) in [5.41, 5.74) is 0.810. The molecule has 0 aliphatic rings. The van der Waals surface area contributed by atoms with E-state index in [1.54, 1.807) is 13.2 Å². The van der Waals surface area contributed by atoms with Crippen LogP contribution in [0.1, 0.15) is 0 Å². The van der Waals surface area contributed by atoms with Gasteiger partial charge in [0.15, 0.2) is 5.15 Å². The Kier molecular flexibility index (Phi) is 2.02. The molecule has 1 aromatic heterocycles. The molecule has 13 heavy (non-hydrogen) atoms. The van der Waals surface area contributed by atoms with E-state index in [-0.39, 0.29) is 0 Å². The first-order valence-corrected chi connectivity index (χ1v) is 4.14. The second-order valence-corrected chi connectivity index (χ2v) is 2.98. The van der Waals surface area contributed by atoms with Crippen molar-refractivity contribution in [3.05, 3.63) is 29.4 Å². The average Bonchev–Trinajstić information content (AvgIpc) is 2.16. The number of hydrogen-bond acceptors (Lipinski definition) is 3. The average molecular weight is 195 g/mol. The molecule has 0 amide bonds. The quantitative estimate of drug-likeness (QED) is 0.699. The third-order valence-corrected chi connectivity index (χ3v) is 1.95. The highest BCUT2D eigenvalue weighted by Crippen LogP contribution is 2.20. The molecule has 0 saturated carbocycles. The van der Waals surface area contributed by atoms with Gasteiger partial charge in [0.25, 0.3) is 0 Å². The highest BCUT2D eigenvalue weighted by atomic mass is 35.5. The second kappa shape index (κ2) is 3.18. The van der Waals surface area contributed by atoms with E-state index in [1.165, 1.54) is 0 Å². The summed E-state index contributed by atoms with van der Waals surface area (Å²) in [5, 5.41) is 8.98.